The zero-order valence-electron chi connectivity index (χ0n) is 15.7. The van der Waals surface area contributed by atoms with E-state index in [0.717, 1.165) is 0 Å². The molecule has 0 bridgehead atoms. The van der Waals surface area contributed by atoms with Gasteiger partial charge in [0.2, 0.25) is 0 Å². The summed E-state index contributed by atoms with van der Waals surface area (Å²) in [6.07, 6.45) is 2.13. The Hall–Kier alpha value is -1.10. The van der Waals surface area contributed by atoms with Crippen molar-refractivity contribution in [3.63, 3.8) is 0 Å². The van der Waals surface area contributed by atoms with Gasteiger partial charge in [-0.15, -0.1) is 0 Å². The molecule has 0 saturated heterocycles. The Morgan fingerprint density at radius 1 is 0.615 bits per heavy atom. The van der Waals surface area contributed by atoms with Crippen LogP contribution in [0.5, 0.6) is 0 Å². The van der Waals surface area contributed by atoms with Crippen LogP contribution >= 0.6 is 24.0 Å². The number of thioether (sulfide) groups is 1. The molecule has 3 rings (SSSR count). The van der Waals surface area contributed by atoms with E-state index in [2.05, 4.69) is 99.8 Å². The summed E-state index contributed by atoms with van der Waals surface area (Å²) < 4.78 is 5.46. The fraction of sp³-hybridized carbons (Fsp3) is 0.174. The average Bonchev–Trinajstić information content (AvgIpc) is 2.66. The molecule has 3 aromatic carbocycles. The van der Waals surface area contributed by atoms with Crippen molar-refractivity contribution < 1.29 is 0 Å². The van der Waals surface area contributed by atoms with Crippen molar-refractivity contribution in [3.8, 4) is 0 Å². The van der Waals surface area contributed by atoms with Crippen LogP contribution in [0.4, 0.5) is 0 Å². The van der Waals surface area contributed by atoms with E-state index in [1.54, 1.807) is 11.8 Å². The number of benzene rings is 3. The van der Waals surface area contributed by atoms with Crippen LogP contribution in [0, 0.1) is 20.8 Å². The van der Waals surface area contributed by atoms with Gasteiger partial charge in [0.1, 0.15) is 0 Å². The van der Waals surface area contributed by atoms with Gasteiger partial charge in [0.15, 0.2) is 0 Å². The minimum absolute atomic E-state index is 1.18. The first-order chi connectivity index (χ1) is 12.5. The molecular formula is C23H24S2Sn. The van der Waals surface area contributed by atoms with Gasteiger partial charge in [-0.25, -0.2) is 0 Å². The second-order valence-electron chi connectivity index (χ2n) is 6.84. The Morgan fingerprint density at radius 2 is 0.885 bits per heavy atom. The van der Waals surface area contributed by atoms with Crippen LogP contribution in [0.15, 0.2) is 72.8 Å². The summed E-state index contributed by atoms with van der Waals surface area (Å²) in [5.41, 5.74) is 3.87. The molecule has 0 aliphatic rings. The first-order valence-corrected chi connectivity index (χ1v) is 16.1. The first-order valence-electron chi connectivity index (χ1n) is 8.78. The van der Waals surface area contributed by atoms with Gasteiger partial charge < -0.3 is 0 Å². The van der Waals surface area contributed by atoms with E-state index in [9.17, 15) is 0 Å². The van der Waals surface area contributed by atoms with Crippen LogP contribution in [0.25, 0.3) is 0 Å². The van der Waals surface area contributed by atoms with E-state index >= 15 is 0 Å². The summed E-state index contributed by atoms with van der Waals surface area (Å²) in [6, 6.07) is 27.2. The van der Waals surface area contributed by atoms with E-state index < -0.39 is 18.4 Å². The Kier molecular flexibility index (Phi) is 6.26. The second-order valence-corrected chi connectivity index (χ2v) is 21.0. The van der Waals surface area contributed by atoms with Gasteiger partial charge in [-0.3, -0.25) is 0 Å². The zero-order chi connectivity index (χ0) is 18.7. The number of aryl methyl sites for hydroxylation is 3. The number of rotatable bonds is 4. The molecule has 0 aliphatic carbocycles. The Morgan fingerprint density at radius 3 is 1.12 bits per heavy atom. The number of hydrogen-bond donors (Lipinski definition) is 0. The van der Waals surface area contributed by atoms with E-state index in [1.165, 1.54) is 29.6 Å². The fourth-order valence-electron chi connectivity index (χ4n) is 3.42. The molecule has 0 aliphatic heterocycles. The topological polar surface area (TPSA) is 0 Å². The van der Waals surface area contributed by atoms with Crippen molar-refractivity contribution in [2.45, 2.75) is 20.8 Å². The van der Waals surface area contributed by atoms with Gasteiger partial charge in [-0.05, 0) is 0 Å². The van der Waals surface area contributed by atoms with Crippen LogP contribution in [0.1, 0.15) is 16.7 Å². The predicted molar refractivity (Wildman–Crippen MR) is 124 cm³/mol. The molecular weight excluding hydrogens is 459 g/mol. The van der Waals surface area contributed by atoms with Crippen molar-refractivity contribution >= 4 is 55.3 Å². The summed E-state index contributed by atoms with van der Waals surface area (Å²) in [5, 5.41) is 0. The third-order valence-electron chi connectivity index (χ3n) is 4.95. The van der Waals surface area contributed by atoms with Crippen LogP contribution in [-0.2, 0) is 0 Å². The standard InChI is InChI=1S/3C7H7.C2H3S2.Sn/c3*1-7-5-3-2-4-6-7;1-4-2-3;/h3*3-6H,1H3;1H3;. The molecule has 0 unspecified atom stereocenters. The Bertz CT molecular complexity index is 784. The summed E-state index contributed by atoms with van der Waals surface area (Å²) in [5.74, 6) is 0. The second kappa shape index (κ2) is 8.28. The summed E-state index contributed by atoms with van der Waals surface area (Å²) in [4.78, 5) is 0. The van der Waals surface area contributed by atoms with Crippen molar-refractivity contribution in [2.24, 2.45) is 0 Å². The van der Waals surface area contributed by atoms with Crippen molar-refractivity contribution in [3.05, 3.63) is 89.5 Å². The van der Waals surface area contributed by atoms with E-state index in [0.29, 0.717) is 0 Å². The Balaban J connectivity index is 2.37. The molecule has 0 saturated carbocycles. The van der Waals surface area contributed by atoms with Crippen molar-refractivity contribution in [1.82, 2.24) is 0 Å². The van der Waals surface area contributed by atoms with Crippen LogP contribution < -0.4 is 10.7 Å². The van der Waals surface area contributed by atoms with Crippen LogP contribution in [0.2, 0.25) is 0 Å². The molecule has 0 heterocycles. The summed E-state index contributed by atoms with van der Waals surface area (Å²) >= 11 is 4.44. The minimum atomic E-state index is -3.41. The summed E-state index contributed by atoms with van der Waals surface area (Å²) in [6.45, 7) is 6.43. The molecule has 0 amide bonds. The maximum absolute atomic E-state index is 6.09. The van der Waals surface area contributed by atoms with Gasteiger partial charge in [0, 0.05) is 0 Å². The van der Waals surface area contributed by atoms with Crippen molar-refractivity contribution in [2.75, 3.05) is 6.26 Å². The van der Waals surface area contributed by atoms with Gasteiger partial charge in [0.05, 0.1) is 0 Å². The summed E-state index contributed by atoms with van der Waals surface area (Å²) in [7, 11) is 0. The molecule has 0 aromatic heterocycles. The molecule has 132 valence electrons. The zero-order valence-corrected chi connectivity index (χ0v) is 20.2. The number of thiocarbonyl (C=S) groups is 1. The van der Waals surface area contributed by atoms with E-state index in [1.807, 2.05) is 0 Å². The number of hydrogen-bond acceptors (Lipinski definition) is 2. The molecule has 3 aromatic rings. The fourth-order valence-corrected chi connectivity index (χ4v) is 21.7. The first kappa shape index (κ1) is 19.7. The van der Waals surface area contributed by atoms with E-state index in [4.69, 9.17) is 12.2 Å². The Labute approximate surface area is 170 Å². The van der Waals surface area contributed by atoms with Crippen LogP contribution in [0.3, 0.4) is 0 Å². The quantitative estimate of drug-likeness (QED) is 0.401. The molecule has 3 heteroatoms. The van der Waals surface area contributed by atoms with Gasteiger partial charge in [0.25, 0.3) is 0 Å². The maximum atomic E-state index is 6.09. The van der Waals surface area contributed by atoms with Gasteiger partial charge in [-0.2, -0.15) is 0 Å². The van der Waals surface area contributed by atoms with Crippen molar-refractivity contribution in [1.29, 1.82) is 0 Å². The molecule has 0 N–H and O–H groups in total. The molecule has 26 heavy (non-hydrogen) atoms. The molecule has 0 atom stereocenters. The monoisotopic (exact) mass is 484 g/mol. The molecule has 0 spiro atoms. The normalized spacial score (nSPS) is 11.4. The molecule has 0 nitrogen and oxygen atoms in total. The van der Waals surface area contributed by atoms with Gasteiger partial charge >= 0.3 is 172 Å². The van der Waals surface area contributed by atoms with Gasteiger partial charge in [-0.1, -0.05) is 0 Å². The van der Waals surface area contributed by atoms with E-state index in [-0.39, 0.29) is 0 Å². The third-order valence-corrected chi connectivity index (χ3v) is 23.7. The SMILES string of the molecule is CS[C](=S)[Sn]([c]1ccc(C)cc1)([c]1ccc(C)cc1)[c]1ccc(C)cc1. The average molecular weight is 483 g/mol. The molecule has 0 radical (unpaired) electrons. The van der Waals surface area contributed by atoms with Crippen LogP contribution in [-0.4, -0.2) is 26.8 Å². The third kappa shape index (κ3) is 3.64. The molecule has 0 fully saturated rings. The predicted octanol–water partition coefficient (Wildman–Crippen LogP) is 4.31.